The van der Waals surface area contributed by atoms with Crippen LogP contribution in [0.4, 0.5) is 0 Å². The Hall–Kier alpha value is -3.09. The van der Waals surface area contributed by atoms with E-state index in [2.05, 4.69) is 46.6 Å². The molecule has 0 radical (unpaired) electrons. The maximum atomic E-state index is 13.2. The van der Waals surface area contributed by atoms with E-state index in [1.165, 1.54) is 17.2 Å². The van der Waals surface area contributed by atoms with Crippen molar-refractivity contribution < 1.29 is 15.0 Å². The van der Waals surface area contributed by atoms with Gasteiger partial charge in [0.15, 0.2) is 0 Å². The largest absolute Gasteiger partial charge is 0.508 e. The lowest BCUT2D eigenvalue weighted by molar-refractivity contribution is 0.0748. The monoisotopic (exact) mass is 459 g/mol. The highest BCUT2D eigenvalue weighted by Crippen LogP contribution is 2.35. The molecular weight excluding hydrogens is 426 g/mol. The van der Waals surface area contributed by atoms with Gasteiger partial charge in [0.1, 0.15) is 11.5 Å². The molecule has 6 heteroatoms. The van der Waals surface area contributed by atoms with Gasteiger partial charge in [0.05, 0.1) is 5.56 Å². The van der Waals surface area contributed by atoms with Crippen molar-refractivity contribution in [1.82, 2.24) is 15.1 Å². The second-order valence-electron chi connectivity index (χ2n) is 9.84. The van der Waals surface area contributed by atoms with Gasteiger partial charge in [-0.2, -0.15) is 0 Å². The van der Waals surface area contributed by atoms with Gasteiger partial charge in [0.2, 0.25) is 0 Å². The first-order chi connectivity index (χ1) is 16.4. The van der Waals surface area contributed by atoms with Gasteiger partial charge < -0.3 is 20.4 Å². The number of carbonyl (C=O) groups is 1. The number of allylic oxidation sites excluding steroid dienone is 2. The van der Waals surface area contributed by atoms with E-state index in [9.17, 15) is 15.0 Å². The molecule has 34 heavy (non-hydrogen) atoms. The Bertz CT molecular complexity index is 1160. The molecule has 2 aliphatic heterocycles. The van der Waals surface area contributed by atoms with Gasteiger partial charge in [-0.15, -0.1) is 0 Å². The zero-order valence-electron chi connectivity index (χ0n) is 19.9. The van der Waals surface area contributed by atoms with Crippen molar-refractivity contribution in [3.63, 3.8) is 0 Å². The Labute approximate surface area is 201 Å². The quantitative estimate of drug-likeness (QED) is 0.645. The standard InChI is InChI=1S/C28H33N3O3/c1-18(2)24-14-25(27(33)15-26(24)32)28(34)31-16-21-4-3-20(13-22(21)17-31)19-5-7-23(8-6-19)30-11-9-29-10-12-30/h3-7,13-15,18,23,29,32-33H,8-12,16-17H2,1-2H3. The normalized spacial score (nSPS) is 20.5. The average molecular weight is 460 g/mol. The number of hydrogen-bond donors (Lipinski definition) is 3. The molecule has 6 nitrogen and oxygen atoms in total. The third-order valence-corrected chi connectivity index (χ3v) is 7.24. The molecule has 2 aromatic rings. The number of aromatic hydroxyl groups is 2. The lowest BCUT2D eigenvalue weighted by Crippen LogP contribution is -2.47. The number of amides is 1. The Balaban J connectivity index is 1.30. The Morgan fingerprint density at radius 2 is 1.79 bits per heavy atom. The molecular formula is C28H33N3O3. The van der Waals surface area contributed by atoms with Crippen LogP contribution in [0.2, 0.25) is 0 Å². The second kappa shape index (κ2) is 9.28. The number of fused-ring (bicyclic) bond motifs is 1. The molecule has 0 spiro atoms. The topological polar surface area (TPSA) is 76.0 Å². The van der Waals surface area contributed by atoms with E-state index in [1.54, 1.807) is 11.0 Å². The lowest BCUT2D eigenvalue weighted by atomic mass is 9.94. The van der Waals surface area contributed by atoms with E-state index >= 15 is 0 Å². The van der Waals surface area contributed by atoms with Crippen LogP contribution in [0.1, 0.15) is 58.8 Å². The molecule has 0 aromatic heterocycles. The average Bonchev–Trinajstić information content (AvgIpc) is 3.28. The molecule has 1 amide bonds. The molecule has 3 N–H and O–H groups in total. The predicted octanol–water partition coefficient (Wildman–Crippen LogP) is 3.99. The van der Waals surface area contributed by atoms with Gasteiger partial charge >= 0.3 is 0 Å². The number of phenols is 2. The summed E-state index contributed by atoms with van der Waals surface area (Å²) in [7, 11) is 0. The van der Waals surface area contributed by atoms with Crippen molar-refractivity contribution in [3.8, 4) is 11.5 Å². The summed E-state index contributed by atoms with van der Waals surface area (Å²) in [4.78, 5) is 17.5. The summed E-state index contributed by atoms with van der Waals surface area (Å²) in [6.45, 7) is 9.24. The van der Waals surface area contributed by atoms with Crippen LogP contribution in [-0.2, 0) is 13.1 Å². The molecule has 1 saturated heterocycles. The van der Waals surface area contributed by atoms with Crippen LogP contribution in [0.5, 0.6) is 11.5 Å². The van der Waals surface area contributed by atoms with Gasteiger partial charge in [-0.1, -0.05) is 44.2 Å². The minimum Gasteiger partial charge on any atom is -0.508 e. The maximum absolute atomic E-state index is 13.2. The minimum atomic E-state index is -0.215. The summed E-state index contributed by atoms with van der Waals surface area (Å²) < 4.78 is 0. The van der Waals surface area contributed by atoms with Crippen molar-refractivity contribution in [1.29, 1.82) is 0 Å². The van der Waals surface area contributed by atoms with Crippen LogP contribution in [0.15, 0.2) is 48.6 Å². The number of rotatable bonds is 4. The fourth-order valence-electron chi connectivity index (χ4n) is 5.22. The van der Waals surface area contributed by atoms with Crippen LogP contribution in [0.3, 0.4) is 0 Å². The van der Waals surface area contributed by atoms with Crippen LogP contribution in [-0.4, -0.2) is 58.1 Å². The second-order valence-corrected chi connectivity index (χ2v) is 9.84. The minimum absolute atomic E-state index is 0.0198. The molecule has 2 aromatic carbocycles. The highest BCUT2D eigenvalue weighted by molar-refractivity contribution is 5.97. The third-order valence-electron chi connectivity index (χ3n) is 7.24. The summed E-state index contributed by atoms with van der Waals surface area (Å²) >= 11 is 0. The summed E-state index contributed by atoms with van der Waals surface area (Å²) in [6, 6.07) is 9.83. The number of nitrogens with one attached hydrogen (secondary N) is 1. The van der Waals surface area contributed by atoms with Gasteiger partial charge in [-0.3, -0.25) is 9.69 Å². The zero-order chi connectivity index (χ0) is 23.8. The molecule has 1 aliphatic carbocycles. The summed E-state index contributed by atoms with van der Waals surface area (Å²) in [5.74, 6) is -0.326. The zero-order valence-corrected chi connectivity index (χ0v) is 19.9. The summed E-state index contributed by atoms with van der Waals surface area (Å²) in [5.41, 5.74) is 5.60. The first kappa shape index (κ1) is 22.7. The molecule has 178 valence electrons. The molecule has 1 fully saturated rings. The van der Waals surface area contributed by atoms with E-state index in [0.717, 1.165) is 43.7 Å². The Morgan fingerprint density at radius 3 is 2.50 bits per heavy atom. The number of benzene rings is 2. The van der Waals surface area contributed by atoms with E-state index in [1.807, 2.05) is 13.8 Å². The Kier molecular flexibility index (Phi) is 6.19. The highest BCUT2D eigenvalue weighted by atomic mass is 16.3. The highest BCUT2D eigenvalue weighted by Gasteiger charge is 2.28. The first-order valence-electron chi connectivity index (χ1n) is 12.2. The van der Waals surface area contributed by atoms with Crippen molar-refractivity contribution in [2.45, 2.75) is 45.3 Å². The predicted molar refractivity (Wildman–Crippen MR) is 134 cm³/mol. The third kappa shape index (κ3) is 4.36. The van der Waals surface area contributed by atoms with E-state index in [0.29, 0.717) is 24.7 Å². The molecule has 3 aliphatic rings. The molecule has 5 rings (SSSR count). The smallest absolute Gasteiger partial charge is 0.258 e. The SMILES string of the molecule is CC(C)c1cc(C(=O)N2Cc3ccc(C4=CCC(N5CCNCC5)C=C4)cc3C2)c(O)cc1O. The van der Waals surface area contributed by atoms with Crippen molar-refractivity contribution in [2.24, 2.45) is 0 Å². The molecule has 1 unspecified atom stereocenters. The van der Waals surface area contributed by atoms with E-state index in [4.69, 9.17) is 0 Å². The van der Waals surface area contributed by atoms with Gasteiger partial charge in [0.25, 0.3) is 5.91 Å². The number of carbonyl (C=O) groups excluding carboxylic acids is 1. The van der Waals surface area contributed by atoms with E-state index < -0.39 is 0 Å². The van der Waals surface area contributed by atoms with E-state index in [-0.39, 0.29) is 28.9 Å². The molecule has 0 saturated carbocycles. The molecule has 1 atom stereocenters. The van der Waals surface area contributed by atoms with Crippen LogP contribution in [0, 0.1) is 0 Å². The van der Waals surface area contributed by atoms with Crippen LogP contribution >= 0.6 is 0 Å². The van der Waals surface area contributed by atoms with Crippen molar-refractivity contribution in [3.05, 3.63) is 76.4 Å². The lowest BCUT2D eigenvalue weighted by Gasteiger charge is -2.34. The fraction of sp³-hybridized carbons (Fsp3) is 0.393. The van der Waals surface area contributed by atoms with Crippen molar-refractivity contribution in [2.75, 3.05) is 26.2 Å². The molecule has 0 bridgehead atoms. The Morgan fingerprint density at radius 1 is 1.03 bits per heavy atom. The fourth-order valence-corrected chi connectivity index (χ4v) is 5.22. The number of hydrogen-bond acceptors (Lipinski definition) is 5. The van der Waals surface area contributed by atoms with Crippen LogP contribution < -0.4 is 5.32 Å². The van der Waals surface area contributed by atoms with Crippen LogP contribution in [0.25, 0.3) is 5.57 Å². The van der Waals surface area contributed by atoms with Gasteiger partial charge in [0, 0.05) is 51.4 Å². The molecule has 2 heterocycles. The van der Waals surface area contributed by atoms with Gasteiger partial charge in [-0.25, -0.2) is 0 Å². The number of phenolic OH excluding ortho intramolecular Hbond substituents is 2. The first-order valence-corrected chi connectivity index (χ1v) is 12.2. The summed E-state index contributed by atoms with van der Waals surface area (Å²) in [6.07, 6.45) is 7.90. The maximum Gasteiger partial charge on any atom is 0.258 e. The number of nitrogens with zero attached hydrogens (tertiary/aromatic N) is 2. The van der Waals surface area contributed by atoms with Crippen molar-refractivity contribution >= 4 is 11.5 Å². The number of piperazine rings is 1. The van der Waals surface area contributed by atoms with Gasteiger partial charge in [-0.05, 0) is 52.3 Å². The summed E-state index contributed by atoms with van der Waals surface area (Å²) in [5, 5.41) is 23.9.